The average Bonchev–Trinajstić information content (AvgIpc) is 2.05. The highest BCUT2D eigenvalue weighted by Crippen LogP contribution is 2.09. The van der Waals surface area contributed by atoms with Gasteiger partial charge in [-0.3, -0.25) is 4.79 Å². The second-order valence-corrected chi connectivity index (χ2v) is 3.28. The molecule has 0 atom stereocenters. The van der Waals surface area contributed by atoms with Crippen molar-refractivity contribution in [3.05, 3.63) is 34.2 Å². The molecule has 1 aromatic rings. The van der Waals surface area contributed by atoms with Gasteiger partial charge in [0.25, 0.3) is 5.56 Å². The topological polar surface area (TPSA) is 71.3 Å². The lowest BCUT2D eigenvalue weighted by atomic mass is 10.1. The van der Waals surface area contributed by atoms with E-state index in [0.29, 0.717) is 0 Å². The van der Waals surface area contributed by atoms with Gasteiger partial charge in [-0.25, -0.2) is 4.79 Å². The number of pyridine rings is 1. The number of carbonyl (C=O) groups is 1. The summed E-state index contributed by atoms with van der Waals surface area (Å²) in [6.07, 6.45) is 1.40. The Balaban J connectivity index is 2.41. The van der Waals surface area contributed by atoms with Crippen molar-refractivity contribution in [2.24, 2.45) is 0 Å². The van der Waals surface area contributed by atoms with Crippen LogP contribution in [0.3, 0.4) is 0 Å². The number of hydrogen-bond acceptors (Lipinski definition) is 3. The van der Waals surface area contributed by atoms with Crippen molar-refractivity contribution < 1.29 is 9.90 Å². The van der Waals surface area contributed by atoms with Gasteiger partial charge in [0.2, 0.25) is 0 Å². The van der Waals surface area contributed by atoms with E-state index >= 15 is 0 Å². The van der Waals surface area contributed by atoms with Crippen LogP contribution in [0.1, 0.15) is 16.4 Å². The molecule has 1 fully saturated rings. The Bertz CT molecular complexity index is 420. The predicted octanol–water partition coefficient (Wildman–Crippen LogP) is -0.309. The first kappa shape index (κ1) is 8.96. The van der Waals surface area contributed by atoms with Crippen LogP contribution in [0.15, 0.2) is 23.1 Å². The molecular formula is C9H10N2O3. The number of aromatic carboxylic acids is 1. The van der Waals surface area contributed by atoms with Crippen LogP contribution in [0.2, 0.25) is 0 Å². The lowest BCUT2D eigenvalue weighted by Crippen LogP contribution is -2.46. The van der Waals surface area contributed by atoms with Gasteiger partial charge in [-0.15, -0.1) is 0 Å². The molecule has 0 aliphatic carbocycles. The van der Waals surface area contributed by atoms with E-state index in [2.05, 4.69) is 5.32 Å². The molecule has 0 spiro atoms. The van der Waals surface area contributed by atoms with Gasteiger partial charge in [0, 0.05) is 25.4 Å². The van der Waals surface area contributed by atoms with Crippen molar-refractivity contribution >= 4 is 5.97 Å². The van der Waals surface area contributed by atoms with E-state index in [9.17, 15) is 9.59 Å². The van der Waals surface area contributed by atoms with Crippen LogP contribution in [0.4, 0.5) is 0 Å². The van der Waals surface area contributed by atoms with Crippen molar-refractivity contribution in [3.8, 4) is 0 Å². The molecule has 2 heterocycles. The van der Waals surface area contributed by atoms with Crippen molar-refractivity contribution in [3.63, 3.8) is 0 Å². The first-order chi connectivity index (χ1) is 6.68. The molecule has 74 valence electrons. The molecule has 0 unspecified atom stereocenters. The first-order valence-corrected chi connectivity index (χ1v) is 4.34. The standard InChI is InChI=1S/C9H10N2O3/c12-8-2-1-6(9(13)14)5-11(8)7-3-10-4-7/h1-2,5,7,10H,3-4H2,(H,13,14). The van der Waals surface area contributed by atoms with E-state index in [-0.39, 0.29) is 17.2 Å². The lowest BCUT2D eigenvalue weighted by Gasteiger charge is -2.29. The maximum Gasteiger partial charge on any atom is 0.337 e. The van der Waals surface area contributed by atoms with E-state index in [0.717, 1.165) is 13.1 Å². The summed E-state index contributed by atoms with van der Waals surface area (Å²) in [5, 5.41) is 11.8. The Labute approximate surface area is 80.0 Å². The third-order valence-corrected chi connectivity index (χ3v) is 2.34. The highest BCUT2D eigenvalue weighted by atomic mass is 16.4. The second-order valence-electron chi connectivity index (χ2n) is 3.28. The summed E-state index contributed by atoms with van der Waals surface area (Å²) >= 11 is 0. The Kier molecular flexibility index (Phi) is 2.09. The fraction of sp³-hybridized carbons (Fsp3) is 0.333. The monoisotopic (exact) mass is 194 g/mol. The number of carboxylic acids is 1. The fourth-order valence-corrected chi connectivity index (χ4v) is 1.39. The Morgan fingerprint density at radius 3 is 2.71 bits per heavy atom. The number of aromatic nitrogens is 1. The minimum atomic E-state index is -1.01. The van der Waals surface area contributed by atoms with Crippen molar-refractivity contribution in [1.82, 2.24) is 9.88 Å². The van der Waals surface area contributed by atoms with Crippen LogP contribution in [-0.4, -0.2) is 28.7 Å². The zero-order valence-electron chi connectivity index (χ0n) is 7.43. The molecule has 0 amide bonds. The van der Waals surface area contributed by atoms with Gasteiger partial charge in [-0.1, -0.05) is 0 Å². The second kappa shape index (κ2) is 3.26. The molecule has 5 nitrogen and oxygen atoms in total. The largest absolute Gasteiger partial charge is 0.478 e. The summed E-state index contributed by atoms with van der Waals surface area (Å²) < 4.78 is 1.47. The lowest BCUT2D eigenvalue weighted by molar-refractivity contribution is 0.0695. The van der Waals surface area contributed by atoms with Crippen molar-refractivity contribution in [2.75, 3.05) is 13.1 Å². The van der Waals surface area contributed by atoms with Crippen LogP contribution in [0.5, 0.6) is 0 Å². The highest BCUT2D eigenvalue weighted by molar-refractivity contribution is 5.87. The number of nitrogens with one attached hydrogen (secondary N) is 1. The van der Waals surface area contributed by atoms with Gasteiger partial charge in [0.1, 0.15) is 0 Å². The van der Waals surface area contributed by atoms with E-state index in [1.807, 2.05) is 0 Å². The highest BCUT2D eigenvalue weighted by Gasteiger charge is 2.20. The maximum atomic E-state index is 11.4. The maximum absolute atomic E-state index is 11.4. The molecule has 1 saturated heterocycles. The Hall–Kier alpha value is -1.62. The summed E-state index contributed by atoms with van der Waals surface area (Å²) in [7, 11) is 0. The SMILES string of the molecule is O=C(O)c1ccc(=O)n(C2CNC2)c1. The average molecular weight is 194 g/mol. The fourth-order valence-electron chi connectivity index (χ4n) is 1.39. The molecular weight excluding hydrogens is 184 g/mol. The molecule has 1 aliphatic rings. The van der Waals surface area contributed by atoms with Gasteiger partial charge in [-0.05, 0) is 6.07 Å². The summed E-state index contributed by atoms with van der Waals surface area (Å²) in [5.74, 6) is -1.01. The smallest absolute Gasteiger partial charge is 0.337 e. The zero-order valence-corrected chi connectivity index (χ0v) is 7.43. The number of rotatable bonds is 2. The third kappa shape index (κ3) is 1.42. The molecule has 0 aromatic carbocycles. The first-order valence-electron chi connectivity index (χ1n) is 4.34. The molecule has 0 radical (unpaired) electrons. The normalized spacial score (nSPS) is 16.3. The zero-order chi connectivity index (χ0) is 10.1. The van der Waals surface area contributed by atoms with Crippen LogP contribution < -0.4 is 10.9 Å². The van der Waals surface area contributed by atoms with Crippen LogP contribution >= 0.6 is 0 Å². The van der Waals surface area contributed by atoms with Gasteiger partial charge >= 0.3 is 5.97 Å². The van der Waals surface area contributed by atoms with Crippen LogP contribution in [0, 0.1) is 0 Å². The Morgan fingerprint density at radius 1 is 1.50 bits per heavy atom. The summed E-state index contributed by atoms with van der Waals surface area (Å²) in [4.78, 5) is 22.0. The molecule has 2 rings (SSSR count). The van der Waals surface area contributed by atoms with Crippen LogP contribution in [0.25, 0.3) is 0 Å². The number of hydrogen-bond donors (Lipinski definition) is 2. The van der Waals surface area contributed by atoms with E-state index in [1.54, 1.807) is 0 Å². The van der Waals surface area contributed by atoms with E-state index in [4.69, 9.17) is 5.11 Å². The van der Waals surface area contributed by atoms with Gasteiger partial charge in [-0.2, -0.15) is 0 Å². The van der Waals surface area contributed by atoms with Gasteiger partial charge in [0.05, 0.1) is 11.6 Å². The third-order valence-electron chi connectivity index (χ3n) is 2.34. The van der Waals surface area contributed by atoms with Gasteiger partial charge < -0.3 is 15.0 Å². The molecule has 5 heteroatoms. The molecule has 0 saturated carbocycles. The van der Waals surface area contributed by atoms with Crippen LogP contribution in [-0.2, 0) is 0 Å². The molecule has 1 aromatic heterocycles. The summed E-state index contributed by atoms with van der Waals surface area (Å²) in [5.41, 5.74) is -0.00185. The van der Waals surface area contributed by atoms with Crippen molar-refractivity contribution in [2.45, 2.75) is 6.04 Å². The number of nitrogens with zero attached hydrogens (tertiary/aromatic N) is 1. The predicted molar refractivity (Wildman–Crippen MR) is 49.6 cm³/mol. The number of carboxylic acid groups (broad SMARTS) is 1. The minimum absolute atomic E-state index is 0.0989. The Morgan fingerprint density at radius 2 is 2.21 bits per heavy atom. The van der Waals surface area contributed by atoms with E-state index in [1.165, 1.54) is 22.9 Å². The summed E-state index contributed by atoms with van der Waals surface area (Å²) in [6, 6.07) is 2.72. The molecule has 0 bridgehead atoms. The molecule has 2 N–H and O–H groups in total. The molecule has 1 aliphatic heterocycles. The minimum Gasteiger partial charge on any atom is -0.478 e. The quantitative estimate of drug-likeness (QED) is 0.677. The summed E-state index contributed by atoms with van der Waals surface area (Å²) in [6.45, 7) is 1.45. The van der Waals surface area contributed by atoms with E-state index < -0.39 is 5.97 Å². The molecule has 14 heavy (non-hydrogen) atoms. The van der Waals surface area contributed by atoms with Gasteiger partial charge in [0.15, 0.2) is 0 Å². The van der Waals surface area contributed by atoms with Crippen molar-refractivity contribution in [1.29, 1.82) is 0 Å².